The summed E-state index contributed by atoms with van der Waals surface area (Å²) in [7, 11) is 0. The van der Waals surface area contributed by atoms with Gasteiger partial charge in [0.05, 0.1) is 6.54 Å². The number of nitrogens with zero attached hydrogens (tertiary/aromatic N) is 1. The molecule has 0 atom stereocenters. The molecule has 118 valence electrons. The summed E-state index contributed by atoms with van der Waals surface area (Å²) >= 11 is 0. The van der Waals surface area contributed by atoms with Gasteiger partial charge in [0.15, 0.2) is 0 Å². The minimum atomic E-state index is -0.206. The summed E-state index contributed by atoms with van der Waals surface area (Å²) < 4.78 is 1.58. The first kappa shape index (κ1) is 17.9. The number of nitrogens with one attached hydrogen (secondary N) is 1. The first-order valence-corrected chi connectivity index (χ1v) is 6.94. The number of pyridine rings is 1. The van der Waals surface area contributed by atoms with E-state index in [1.54, 1.807) is 22.9 Å². The molecule has 0 bridgehead atoms. The SMILES string of the molecule is Cl.NCCCC(=O)Nc1cccn(Cc2ccccc2)c1=O. The molecule has 1 heterocycles. The van der Waals surface area contributed by atoms with Crippen LogP contribution in [0.3, 0.4) is 0 Å². The lowest BCUT2D eigenvalue weighted by molar-refractivity contribution is -0.116. The van der Waals surface area contributed by atoms with Gasteiger partial charge in [0.1, 0.15) is 5.69 Å². The third kappa shape index (κ3) is 5.02. The first-order valence-electron chi connectivity index (χ1n) is 6.94. The van der Waals surface area contributed by atoms with E-state index in [9.17, 15) is 9.59 Å². The van der Waals surface area contributed by atoms with Gasteiger partial charge in [0.2, 0.25) is 5.91 Å². The van der Waals surface area contributed by atoms with Crippen molar-refractivity contribution in [1.82, 2.24) is 4.57 Å². The molecule has 0 unspecified atom stereocenters. The van der Waals surface area contributed by atoms with Crippen LogP contribution < -0.4 is 16.6 Å². The van der Waals surface area contributed by atoms with Crippen molar-refractivity contribution < 1.29 is 4.79 Å². The molecule has 0 spiro atoms. The third-order valence-electron chi connectivity index (χ3n) is 3.10. The van der Waals surface area contributed by atoms with Gasteiger partial charge >= 0.3 is 0 Å². The number of hydrogen-bond acceptors (Lipinski definition) is 3. The van der Waals surface area contributed by atoms with E-state index in [0.29, 0.717) is 31.6 Å². The van der Waals surface area contributed by atoms with Crippen LogP contribution in [0.2, 0.25) is 0 Å². The minimum Gasteiger partial charge on any atom is -0.330 e. The average Bonchev–Trinajstić information content (AvgIpc) is 2.50. The van der Waals surface area contributed by atoms with E-state index >= 15 is 0 Å². The summed E-state index contributed by atoms with van der Waals surface area (Å²) in [6, 6.07) is 13.1. The molecule has 0 aliphatic rings. The zero-order valence-corrected chi connectivity index (χ0v) is 13.0. The van der Waals surface area contributed by atoms with Crippen molar-refractivity contribution in [3.05, 3.63) is 64.6 Å². The van der Waals surface area contributed by atoms with Crippen molar-refractivity contribution >= 4 is 24.0 Å². The Kier molecular flexibility index (Phi) is 7.36. The van der Waals surface area contributed by atoms with Crippen LogP contribution in [0.25, 0.3) is 0 Å². The fourth-order valence-corrected chi connectivity index (χ4v) is 2.01. The van der Waals surface area contributed by atoms with E-state index < -0.39 is 0 Å². The molecule has 6 heteroatoms. The van der Waals surface area contributed by atoms with Crippen molar-refractivity contribution in [3.8, 4) is 0 Å². The van der Waals surface area contributed by atoms with E-state index in [1.807, 2.05) is 30.3 Å². The van der Waals surface area contributed by atoms with Crippen LogP contribution >= 0.6 is 12.4 Å². The molecule has 1 aromatic heterocycles. The Morgan fingerprint density at radius 2 is 1.86 bits per heavy atom. The van der Waals surface area contributed by atoms with Gasteiger partial charge in [-0.05, 0) is 30.7 Å². The van der Waals surface area contributed by atoms with E-state index in [0.717, 1.165) is 5.56 Å². The second-order valence-corrected chi connectivity index (χ2v) is 4.78. The standard InChI is InChI=1S/C16H19N3O2.ClH/c17-10-4-9-15(20)18-14-8-5-11-19(16(14)21)12-13-6-2-1-3-7-13;/h1-3,5-8,11H,4,9-10,12,17H2,(H,18,20);1H. The van der Waals surface area contributed by atoms with Gasteiger partial charge in [-0.15, -0.1) is 12.4 Å². The van der Waals surface area contributed by atoms with Gasteiger partial charge in [-0.25, -0.2) is 0 Å². The molecule has 2 aromatic rings. The molecule has 2 rings (SSSR count). The molecule has 1 amide bonds. The lowest BCUT2D eigenvalue weighted by Crippen LogP contribution is -2.26. The van der Waals surface area contributed by atoms with Gasteiger partial charge in [-0.1, -0.05) is 30.3 Å². The lowest BCUT2D eigenvalue weighted by Gasteiger charge is -2.09. The maximum absolute atomic E-state index is 12.3. The Morgan fingerprint density at radius 3 is 2.55 bits per heavy atom. The summed E-state index contributed by atoms with van der Waals surface area (Å²) in [5.41, 5.74) is 6.49. The normalized spacial score (nSPS) is 9.86. The van der Waals surface area contributed by atoms with E-state index in [1.165, 1.54) is 0 Å². The summed E-state index contributed by atoms with van der Waals surface area (Å²) in [4.78, 5) is 24.0. The number of halogens is 1. The zero-order chi connectivity index (χ0) is 15.1. The van der Waals surface area contributed by atoms with E-state index in [2.05, 4.69) is 5.32 Å². The van der Waals surface area contributed by atoms with Crippen LogP contribution in [0.5, 0.6) is 0 Å². The number of amides is 1. The predicted octanol–water partition coefficient (Wildman–Crippen LogP) is 2.00. The third-order valence-corrected chi connectivity index (χ3v) is 3.10. The highest BCUT2D eigenvalue weighted by Gasteiger charge is 2.07. The molecule has 0 radical (unpaired) electrons. The molecule has 0 aliphatic heterocycles. The van der Waals surface area contributed by atoms with Crippen molar-refractivity contribution in [1.29, 1.82) is 0 Å². The predicted molar refractivity (Wildman–Crippen MR) is 90.4 cm³/mol. The molecular formula is C16H20ClN3O2. The summed E-state index contributed by atoms with van der Waals surface area (Å²) in [6.07, 6.45) is 2.64. The molecule has 0 saturated heterocycles. The van der Waals surface area contributed by atoms with Gasteiger partial charge < -0.3 is 15.6 Å². The fourth-order valence-electron chi connectivity index (χ4n) is 2.01. The Labute approximate surface area is 135 Å². The van der Waals surface area contributed by atoms with Gasteiger partial charge in [0.25, 0.3) is 5.56 Å². The van der Waals surface area contributed by atoms with Gasteiger partial charge in [-0.2, -0.15) is 0 Å². The molecule has 5 nitrogen and oxygen atoms in total. The number of aromatic nitrogens is 1. The van der Waals surface area contributed by atoms with E-state index in [-0.39, 0.29) is 23.9 Å². The highest BCUT2D eigenvalue weighted by Crippen LogP contribution is 2.04. The van der Waals surface area contributed by atoms with Gasteiger partial charge in [0, 0.05) is 12.6 Å². The zero-order valence-electron chi connectivity index (χ0n) is 12.2. The smallest absolute Gasteiger partial charge is 0.274 e. The number of rotatable bonds is 6. The molecular weight excluding hydrogens is 302 g/mol. The largest absolute Gasteiger partial charge is 0.330 e. The second-order valence-electron chi connectivity index (χ2n) is 4.78. The number of hydrogen-bond donors (Lipinski definition) is 2. The van der Waals surface area contributed by atoms with Crippen LogP contribution in [-0.2, 0) is 11.3 Å². The first-order chi connectivity index (χ1) is 10.2. The number of carbonyl (C=O) groups excluding carboxylic acids is 1. The van der Waals surface area contributed by atoms with Crippen molar-refractivity contribution in [2.24, 2.45) is 5.73 Å². The lowest BCUT2D eigenvalue weighted by atomic mass is 10.2. The number of nitrogens with two attached hydrogens (primary N) is 1. The van der Waals surface area contributed by atoms with Crippen molar-refractivity contribution in [2.45, 2.75) is 19.4 Å². The Bertz CT molecular complexity index is 656. The second kappa shape index (κ2) is 9.02. The van der Waals surface area contributed by atoms with Crippen molar-refractivity contribution in [2.75, 3.05) is 11.9 Å². The summed E-state index contributed by atoms with van der Waals surface area (Å²) in [6.45, 7) is 0.937. The maximum atomic E-state index is 12.3. The number of anilines is 1. The van der Waals surface area contributed by atoms with Crippen LogP contribution in [0.1, 0.15) is 18.4 Å². The highest BCUT2D eigenvalue weighted by molar-refractivity contribution is 5.90. The average molecular weight is 322 g/mol. The monoisotopic (exact) mass is 321 g/mol. The fraction of sp³-hybridized carbons (Fsp3) is 0.250. The summed E-state index contributed by atoms with van der Waals surface area (Å²) in [5, 5.41) is 2.64. The molecule has 0 saturated carbocycles. The van der Waals surface area contributed by atoms with Gasteiger partial charge in [-0.3, -0.25) is 9.59 Å². The molecule has 22 heavy (non-hydrogen) atoms. The molecule has 1 aromatic carbocycles. The van der Waals surface area contributed by atoms with Crippen LogP contribution in [0.4, 0.5) is 5.69 Å². The molecule has 3 N–H and O–H groups in total. The Hall–Kier alpha value is -2.11. The van der Waals surface area contributed by atoms with Crippen LogP contribution in [-0.4, -0.2) is 17.0 Å². The number of carbonyl (C=O) groups is 1. The van der Waals surface area contributed by atoms with Crippen molar-refractivity contribution in [3.63, 3.8) is 0 Å². The minimum absolute atomic E-state index is 0. The molecule has 0 aliphatic carbocycles. The Balaban J connectivity index is 0.00000242. The Morgan fingerprint density at radius 1 is 1.14 bits per heavy atom. The summed E-state index contributed by atoms with van der Waals surface area (Å²) in [5.74, 6) is -0.185. The topological polar surface area (TPSA) is 77.1 Å². The highest BCUT2D eigenvalue weighted by atomic mass is 35.5. The molecule has 0 fully saturated rings. The number of benzene rings is 1. The maximum Gasteiger partial charge on any atom is 0.274 e. The quantitative estimate of drug-likeness (QED) is 0.854. The van der Waals surface area contributed by atoms with Crippen LogP contribution in [0.15, 0.2) is 53.5 Å². The van der Waals surface area contributed by atoms with Crippen LogP contribution in [0, 0.1) is 0 Å². The van der Waals surface area contributed by atoms with E-state index in [4.69, 9.17) is 5.73 Å².